The van der Waals surface area contributed by atoms with Gasteiger partial charge in [0.2, 0.25) is 5.91 Å². The highest BCUT2D eigenvalue weighted by atomic mass is 16.2. The molecule has 0 radical (unpaired) electrons. The first-order chi connectivity index (χ1) is 12.1. The number of nitrogens with zero attached hydrogens (tertiary/aromatic N) is 3. The number of anilines is 3. The standard InChI is InChI=1S/C20H22N4O/c1-15-13-23(2)18-5-3-4-6-19(18)24(14-15)20(25)12-22-17-9-7-16(11-21)8-10-17/h3-10,15,22H,12-14H2,1-2H3. The Bertz CT molecular complexity index is 794. The lowest BCUT2D eigenvalue weighted by atomic mass is 10.1. The van der Waals surface area contributed by atoms with Gasteiger partial charge in [-0.05, 0) is 42.3 Å². The zero-order chi connectivity index (χ0) is 17.8. The van der Waals surface area contributed by atoms with Gasteiger partial charge in [-0.15, -0.1) is 0 Å². The second-order valence-corrected chi connectivity index (χ2v) is 6.52. The first kappa shape index (κ1) is 16.8. The minimum absolute atomic E-state index is 0.0407. The largest absolute Gasteiger partial charge is 0.376 e. The van der Waals surface area contributed by atoms with Crippen LogP contribution in [0.25, 0.3) is 0 Å². The van der Waals surface area contributed by atoms with E-state index in [-0.39, 0.29) is 12.5 Å². The van der Waals surface area contributed by atoms with Crippen LogP contribution in [-0.2, 0) is 4.79 Å². The third-order valence-electron chi connectivity index (χ3n) is 4.42. The summed E-state index contributed by atoms with van der Waals surface area (Å²) in [5.74, 6) is 0.426. The van der Waals surface area contributed by atoms with E-state index >= 15 is 0 Å². The van der Waals surface area contributed by atoms with Gasteiger partial charge in [0.1, 0.15) is 0 Å². The normalized spacial score (nSPS) is 16.6. The van der Waals surface area contributed by atoms with Crippen LogP contribution in [0.3, 0.4) is 0 Å². The molecule has 1 aliphatic rings. The van der Waals surface area contributed by atoms with Crippen LogP contribution in [0.1, 0.15) is 12.5 Å². The summed E-state index contributed by atoms with van der Waals surface area (Å²) in [5.41, 5.74) is 3.48. The lowest BCUT2D eigenvalue weighted by Crippen LogP contribution is -2.38. The maximum atomic E-state index is 12.9. The number of amides is 1. The van der Waals surface area contributed by atoms with E-state index in [0.29, 0.717) is 18.0 Å². The summed E-state index contributed by atoms with van der Waals surface area (Å²) in [6.45, 7) is 4.01. The van der Waals surface area contributed by atoms with Gasteiger partial charge in [0.15, 0.2) is 0 Å². The van der Waals surface area contributed by atoms with E-state index in [9.17, 15) is 4.79 Å². The summed E-state index contributed by atoms with van der Waals surface area (Å²) in [6, 6.07) is 17.2. The minimum Gasteiger partial charge on any atom is -0.376 e. The van der Waals surface area contributed by atoms with Crippen molar-refractivity contribution in [2.24, 2.45) is 5.92 Å². The van der Waals surface area contributed by atoms with Crippen LogP contribution in [0.4, 0.5) is 17.1 Å². The first-order valence-electron chi connectivity index (χ1n) is 8.43. The average Bonchev–Trinajstić information content (AvgIpc) is 2.76. The van der Waals surface area contributed by atoms with Gasteiger partial charge in [0, 0.05) is 25.8 Å². The number of carbonyl (C=O) groups excluding carboxylic acids is 1. The molecule has 0 aromatic heterocycles. The van der Waals surface area contributed by atoms with Crippen LogP contribution >= 0.6 is 0 Å². The van der Waals surface area contributed by atoms with Crippen molar-refractivity contribution in [2.45, 2.75) is 6.92 Å². The zero-order valence-corrected chi connectivity index (χ0v) is 14.6. The van der Waals surface area contributed by atoms with Crippen molar-refractivity contribution < 1.29 is 4.79 Å². The van der Waals surface area contributed by atoms with Crippen LogP contribution in [0.15, 0.2) is 48.5 Å². The summed E-state index contributed by atoms with van der Waals surface area (Å²) in [7, 11) is 2.07. The van der Waals surface area contributed by atoms with Crippen LogP contribution in [0.2, 0.25) is 0 Å². The Labute approximate surface area is 148 Å². The molecule has 0 aliphatic carbocycles. The number of para-hydroxylation sites is 2. The Balaban J connectivity index is 1.76. The molecular formula is C20H22N4O. The highest BCUT2D eigenvalue weighted by Gasteiger charge is 2.26. The lowest BCUT2D eigenvalue weighted by molar-refractivity contribution is -0.117. The van der Waals surface area contributed by atoms with Crippen LogP contribution in [-0.4, -0.2) is 32.6 Å². The number of rotatable bonds is 3. The molecule has 1 atom stereocenters. The quantitative estimate of drug-likeness (QED) is 0.937. The highest BCUT2D eigenvalue weighted by molar-refractivity contribution is 5.99. The van der Waals surface area contributed by atoms with Crippen molar-refractivity contribution in [1.29, 1.82) is 5.26 Å². The number of nitrogens with one attached hydrogen (secondary N) is 1. The Hall–Kier alpha value is -3.00. The molecule has 1 heterocycles. The number of fused-ring (bicyclic) bond motifs is 1. The first-order valence-corrected chi connectivity index (χ1v) is 8.43. The number of hydrogen-bond acceptors (Lipinski definition) is 4. The van der Waals surface area contributed by atoms with E-state index in [0.717, 1.165) is 23.6 Å². The van der Waals surface area contributed by atoms with Crippen molar-refractivity contribution >= 4 is 23.0 Å². The van der Waals surface area contributed by atoms with Crippen molar-refractivity contribution in [3.8, 4) is 6.07 Å². The number of hydrogen-bond donors (Lipinski definition) is 1. The molecule has 0 fully saturated rings. The smallest absolute Gasteiger partial charge is 0.246 e. The molecule has 0 bridgehead atoms. The van der Waals surface area contributed by atoms with Gasteiger partial charge in [-0.1, -0.05) is 19.1 Å². The van der Waals surface area contributed by atoms with Crippen LogP contribution in [0, 0.1) is 17.2 Å². The molecule has 0 spiro atoms. The van der Waals surface area contributed by atoms with Crippen molar-refractivity contribution in [1.82, 2.24) is 0 Å². The van der Waals surface area contributed by atoms with E-state index < -0.39 is 0 Å². The Morgan fingerprint density at radius 3 is 2.52 bits per heavy atom. The van der Waals surface area contributed by atoms with Gasteiger partial charge < -0.3 is 15.1 Å². The second kappa shape index (κ2) is 7.27. The van der Waals surface area contributed by atoms with Crippen molar-refractivity contribution in [2.75, 3.05) is 41.8 Å². The van der Waals surface area contributed by atoms with Crippen LogP contribution < -0.4 is 15.1 Å². The molecule has 0 saturated heterocycles. The predicted octanol–water partition coefficient (Wildman–Crippen LogP) is 3.09. The molecular weight excluding hydrogens is 312 g/mol. The fraction of sp³-hybridized carbons (Fsp3) is 0.300. The van der Waals surface area contributed by atoms with Crippen LogP contribution in [0.5, 0.6) is 0 Å². The monoisotopic (exact) mass is 334 g/mol. The van der Waals surface area contributed by atoms with Gasteiger partial charge >= 0.3 is 0 Å². The molecule has 5 heteroatoms. The van der Waals surface area contributed by atoms with Crippen molar-refractivity contribution in [3.63, 3.8) is 0 Å². The fourth-order valence-electron chi connectivity index (χ4n) is 3.22. The van der Waals surface area contributed by atoms with Gasteiger partial charge in [0.05, 0.1) is 29.6 Å². The molecule has 5 nitrogen and oxygen atoms in total. The molecule has 2 aromatic rings. The molecule has 1 aliphatic heterocycles. The summed E-state index contributed by atoms with van der Waals surface area (Å²) >= 11 is 0. The van der Waals surface area contributed by atoms with E-state index in [1.54, 1.807) is 12.1 Å². The SMILES string of the molecule is CC1CN(C)c2ccccc2N(C(=O)CNc2ccc(C#N)cc2)C1. The molecule has 128 valence electrons. The predicted molar refractivity (Wildman–Crippen MR) is 101 cm³/mol. The summed E-state index contributed by atoms with van der Waals surface area (Å²) in [4.78, 5) is 16.9. The number of benzene rings is 2. The van der Waals surface area contributed by atoms with Gasteiger partial charge in [-0.2, -0.15) is 5.26 Å². The van der Waals surface area contributed by atoms with E-state index in [1.165, 1.54) is 0 Å². The molecule has 0 saturated carbocycles. The molecule has 1 N–H and O–H groups in total. The third kappa shape index (κ3) is 3.74. The second-order valence-electron chi connectivity index (χ2n) is 6.52. The topological polar surface area (TPSA) is 59.4 Å². The average molecular weight is 334 g/mol. The molecule has 25 heavy (non-hydrogen) atoms. The van der Waals surface area contributed by atoms with E-state index in [1.807, 2.05) is 35.2 Å². The minimum atomic E-state index is 0.0407. The molecule has 3 rings (SSSR count). The fourth-order valence-corrected chi connectivity index (χ4v) is 3.22. The lowest BCUT2D eigenvalue weighted by Gasteiger charge is -2.25. The molecule has 1 unspecified atom stereocenters. The summed E-state index contributed by atoms with van der Waals surface area (Å²) < 4.78 is 0. The third-order valence-corrected chi connectivity index (χ3v) is 4.42. The van der Waals surface area contributed by atoms with Gasteiger partial charge in [-0.3, -0.25) is 4.79 Å². The highest BCUT2D eigenvalue weighted by Crippen LogP contribution is 2.32. The maximum absolute atomic E-state index is 12.9. The van der Waals surface area contributed by atoms with Crippen molar-refractivity contribution in [3.05, 3.63) is 54.1 Å². The Morgan fingerprint density at radius 1 is 1.16 bits per heavy atom. The molecule has 2 aromatic carbocycles. The summed E-state index contributed by atoms with van der Waals surface area (Å²) in [6.07, 6.45) is 0. The van der Waals surface area contributed by atoms with E-state index in [4.69, 9.17) is 5.26 Å². The maximum Gasteiger partial charge on any atom is 0.246 e. The molecule has 1 amide bonds. The van der Waals surface area contributed by atoms with Gasteiger partial charge in [-0.25, -0.2) is 0 Å². The van der Waals surface area contributed by atoms with E-state index in [2.05, 4.69) is 36.3 Å². The van der Waals surface area contributed by atoms with Gasteiger partial charge in [0.25, 0.3) is 0 Å². The number of carbonyl (C=O) groups is 1. The Kier molecular flexibility index (Phi) is 4.90. The Morgan fingerprint density at radius 2 is 1.84 bits per heavy atom. The summed E-state index contributed by atoms with van der Waals surface area (Å²) in [5, 5.41) is 12.0. The zero-order valence-electron chi connectivity index (χ0n) is 14.6. The number of nitriles is 1.